The molecular weight excluding hydrogens is 248 g/mol. The molecule has 1 unspecified atom stereocenters. The molecule has 4 N–H and O–H groups in total. The summed E-state index contributed by atoms with van der Waals surface area (Å²) in [5, 5.41) is 11.4. The smallest absolute Gasteiger partial charge is 0.326 e. The second-order valence-corrected chi connectivity index (χ2v) is 3.96. The van der Waals surface area contributed by atoms with E-state index in [1.807, 2.05) is 6.07 Å². The van der Waals surface area contributed by atoms with Crippen molar-refractivity contribution in [3.8, 4) is 0 Å². The third-order valence-corrected chi connectivity index (χ3v) is 2.39. The minimum atomic E-state index is -1.13. The summed E-state index contributed by atoms with van der Waals surface area (Å²) in [6, 6.07) is 7.90. The maximum absolute atomic E-state index is 11.4. The Morgan fingerprint density at radius 1 is 1.26 bits per heavy atom. The molecule has 1 radical (unpaired) electrons. The number of benzene rings is 1. The lowest BCUT2D eigenvalue weighted by Crippen LogP contribution is -2.42. The van der Waals surface area contributed by atoms with E-state index in [2.05, 4.69) is 5.32 Å². The molecule has 1 atom stereocenters. The minimum absolute atomic E-state index is 0.173. The van der Waals surface area contributed by atoms with Crippen molar-refractivity contribution in [1.82, 2.24) is 5.32 Å². The molecule has 0 aliphatic carbocycles. The summed E-state index contributed by atoms with van der Waals surface area (Å²) in [6.07, 6.45) is 0.985. The molecule has 19 heavy (non-hydrogen) atoms. The van der Waals surface area contributed by atoms with Gasteiger partial charge in [-0.2, -0.15) is 0 Å². The van der Waals surface area contributed by atoms with Gasteiger partial charge in [-0.1, -0.05) is 30.3 Å². The fourth-order valence-corrected chi connectivity index (χ4v) is 1.47. The number of carboxylic acid groups (broad SMARTS) is 1. The first-order valence-corrected chi connectivity index (χ1v) is 5.67. The van der Waals surface area contributed by atoms with E-state index in [1.54, 1.807) is 24.3 Å². The van der Waals surface area contributed by atoms with Gasteiger partial charge in [-0.3, -0.25) is 9.59 Å². The first-order valence-electron chi connectivity index (χ1n) is 5.67. The maximum Gasteiger partial charge on any atom is 0.326 e. The average Bonchev–Trinajstić information content (AvgIpc) is 2.36. The van der Waals surface area contributed by atoms with Crippen LogP contribution in [0.3, 0.4) is 0 Å². The Balaban J connectivity index is 2.56. The molecule has 0 saturated carbocycles. The fourth-order valence-electron chi connectivity index (χ4n) is 1.47. The summed E-state index contributed by atoms with van der Waals surface area (Å²) in [6.45, 7) is 0. The topological polar surface area (TPSA) is 109 Å². The zero-order chi connectivity index (χ0) is 14.3. The highest BCUT2D eigenvalue weighted by atomic mass is 16.4. The van der Waals surface area contributed by atoms with E-state index in [9.17, 15) is 14.4 Å². The van der Waals surface area contributed by atoms with Crippen molar-refractivity contribution in [2.45, 2.75) is 18.9 Å². The lowest BCUT2D eigenvalue weighted by Gasteiger charge is -2.14. The zero-order valence-electron chi connectivity index (χ0n) is 10.2. The number of rotatable bonds is 7. The van der Waals surface area contributed by atoms with Gasteiger partial charge in [-0.05, 0) is 5.56 Å². The fraction of sp³-hybridized carbons (Fsp3) is 0.231. The Kier molecular flexibility index (Phi) is 5.53. The van der Waals surface area contributed by atoms with Gasteiger partial charge >= 0.3 is 5.97 Å². The van der Waals surface area contributed by atoms with E-state index in [1.165, 1.54) is 0 Å². The van der Waals surface area contributed by atoms with Gasteiger partial charge in [0.15, 0.2) is 0 Å². The van der Waals surface area contributed by atoms with Gasteiger partial charge in [0.2, 0.25) is 11.8 Å². The van der Waals surface area contributed by atoms with Crippen LogP contribution in [0.25, 0.3) is 0 Å². The second kappa shape index (κ2) is 7.15. The van der Waals surface area contributed by atoms with Crippen molar-refractivity contribution in [3.05, 3.63) is 42.3 Å². The van der Waals surface area contributed by atoms with Gasteiger partial charge < -0.3 is 16.2 Å². The number of amides is 2. The normalized spacial score (nSPS) is 11.6. The monoisotopic (exact) mass is 263 g/mol. The Bertz CT molecular complexity index is 459. The minimum Gasteiger partial charge on any atom is -0.480 e. The summed E-state index contributed by atoms with van der Waals surface area (Å²) >= 11 is 0. The summed E-state index contributed by atoms with van der Waals surface area (Å²) in [5.41, 5.74) is 5.68. The maximum atomic E-state index is 11.4. The van der Waals surface area contributed by atoms with Gasteiger partial charge in [0, 0.05) is 12.8 Å². The van der Waals surface area contributed by atoms with E-state index in [4.69, 9.17) is 10.8 Å². The first-order chi connectivity index (χ1) is 8.99. The van der Waals surface area contributed by atoms with Crippen molar-refractivity contribution in [3.63, 3.8) is 0 Å². The molecule has 1 aromatic rings. The Morgan fingerprint density at radius 2 is 1.89 bits per heavy atom. The van der Waals surface area contributed by atoms with Crippen LogP contribution in [0.2, 0.25) is 0 Å². The molecule has 0 aromatic heterocycles. The number of carbonyl (C=O) groups is 3. The Morgan fingerprint density at radius 3 is 2.42 bits per heavy atom. The van der Waals surface area contributed by atoms with Crippen LogP contribution in [0, 0.1) is 6.42 Å². The molecule has 0 aliphatic rings. The first kappa shape index (κ1) is 14.7. The quantitative estimate of drug-likeness (QED) is 0.637. The van der Waals surface area contributed by atoms with Gasteiger partial charge in [0.05, 0.1) is 6.42 Å². The molecule has 1 aromatic carbocycles. The average molecular weight is 263 g/mol. The van der Waals surface area contributed by atoms with Crippen molar-refractivity contribution >= 4 is 17.8 Å². The number of carbonyl (C=O) groups excluding carboxylic acids is 2. The molecule has 1 rings (SSSR count). The summed E-state index contributed by atoms with van der Waals surface area (Å²) in [5.74, 6) is -2.41. The molecule has 2 amide bonds. The van der Waals surface area contributed by atoms with Crippen molar-refractivity contribution in [2.75, 3.05) is 0 Å². The largest absolute Gasteiger partial charge is 0.480 e. The highest BCUT2D eigenvalue weighted by Gasteiger charge is 2.20. The van der Waals surface area contributed by atoms with Gasteiger partial charge in [-0.25, -0.2) is 4.79 Å². The zero-order valence-corrected chi connectivity index (χ0v) is 10.2. The van der Waals surface area contributed by atoms with E-state index < -0.39 is 23.8 Å². The van der Waals surface area contributed by atoms with Crippen molar-refractivity contribution in [2.24, 2.45) is 5.73 Å². The van der Waals surface area contributed by atoms with Crippen LogP contribution in [0.1, 0.15) is 12.0 Å². The van der Waals surface area contributed by atoms with Crippen molar-refractivity contribution < 1.29 is 19.5 Å². The van der Waals surface area contributed by atoms with Crippen LogP contribution < -0.4 is 11.1 Å². The van der Waals surface area contributed by atoms with Gasteiger partial charge in [0.1, 0.15) is 6.04 Å². The predicted octanol–water partition coefficient (Wildman–Crippen LogP) is -0.122. The molecular formula is C13H15N2O4. The molecule has 101 valence electrons. The van der Waals surface area contributed by atoms with E-state index >= 15 is 0 Å². The van der Waals surface area contributed by atoms with Crippen LogP contribution in [0.15, 0.2) is 30.3 Å². The predicted molar refractivity (Wildman–Crippen MR) is 67.8 cm³/mol. The molecule has 0 heterocycles. The molecule has 0 spiro atoms. The van der Waals surface area contributed by atoms with E-state index in [0.29, 0.717) is 0 Å². The number of nitrogens with two attached hydrogens (primary N) is 1. The standard InChI is InChI=1S/C13H15N2O4/c14-11(16)6-7-12(17)15-10(13(18)19)8-9-4-2-1-3-5-9/h1-5,7,10H,6,8H2,(H2,14,16)(H,15,17)(H,18,19). The molecule has 6 heteroatoms. The van der Waals surface area contributed by atoms with Gasteiger partial charge in [-0.15, -0.1) is 0 Å². The lowest BCUT2D eigenvalue weighted by molar-refractivity contribution is -0.141. The number of hydrogen-bond donors (Lipinski definition) is 3. The van der Waals surface area contributed by atoms with Crippen LogP contribution in [0.5, 0.6) is 0 Å². The van der Waals surface area contributed by atoms with Crippen LogP contribution in [-0.2, 0) is 20.8 Å². The Labute approximate surface area is 110 Å². The number of hydrogen-bond acceptors (Lipinski definition) is 3. The summed E-state index contributed by atoms with van der Waals surface area (Å²) < 4.78 is 0. The molecule has 0 saturated heterocycles. The Hall–Kier alpha value is -2.37. The highest BCUT2D eigenvalue weighted by molar-refractivity contribution is 5.92. The third kappa shape index (κ3) is 5.67. The van der Waals surface area contributed by atoms with Crippen LogP contribution in [0.4, 0.5) is 0 Å². The van der Waals surface area contributed by atoms with E-state index in [0.717, 1.165) is 12.0 Å². The van der Waals surface area contributed by atoms with Crippen LogP contribution >= 0.6 is 0 Å². The van der Waals surface area contributed by atoms with Crippen LogP contribution in [-0.4, -0.2) is 28.9 Å². The summed E-state index contributed by atoms with van der Waals surface area (Å²) in [7, 11) is 0. The lowest BCUT2D eigenvalue weighted by atomic mass is 10.1. The molecule has 0 fully saturated rings. The van der Waals surface area contributed by atoms with Gasteiger partial charge in [0.25, 0.3) is 0 Å². The number of primary amides is 1. The second-order valence-electron chi connectivity index (χ2n) is 3.96. The van der Waals surface area contributed by atoms with E-state index in [-0.39, 0.29) is 12.8 Å². The number of aliphatic carboxylic acids is 1. The SMILES string of the molecule is NC(=O)C[CH]C(=O)NC(Cc1ccccc1)C(=O)O. The molecule has 0 bridgehead atoms. The number of carboxylic acids is 1. The third-order valence-electron chi connectivity index (χ3n) is 2.39. The number of nitrogens with one attached hydrogen (secondary N) is 1. The molecule has 6 nitrogen and oxygen atoms in total. The summed E-state index contributed by atoms with van der Waals surface area (Å²) in [4.78, 5) is 33.0. The van der Waals surface area contributed by atoms with Crippen molar-refractivity contribution in [1.29, 1.82) is 0 Å². The highest BCUT2D eigenvalue weighted by Crippen LogP contribution is 2.04. The molecule has 0 aliphatic heterocycles.